The zero-order chi connectivity index (χ0) is 12.7. The molecule has 0 amide bonds. The molecule has 0 saturated heterocycles. The third-order valence-corrected chi connectivity index (χ3v) is 5.56. The smallest absolute Gasteiger partial charge is 0.0701 e. The average Bonchev–Trinajstić information content (AvgIpc) is 2.24. The molecule has 0 aromatic rings. The van der Waals surface area contributed by atoms with Gasteiger partial charge in [0, 0.05) is 0 Å². The number of rotatable bonds is 1. The van der Waals surface area contributed by atoms with Crippen molar-refractivity contribution in [2.24, 2.45) is 23.2 Å². The first kappa shape index (κ1) is 13.4. The number of aliphatic hydroxyl groups is 1. The van der Waals surface area contributed by atoms with Crippen LogP contribution in [-0.4, -0.2) is 10.7 Å². The van der Waals surface area contributed by atoms with Gasteiger partial charge in [-0.3, -0.25) is 0 Å². The lowest BCUT2D eigenvalue weighted by atomic mass is 9.58. The molecular formula is C16H30O. The van der Waals surface area contributed by atoms with E-state index in [4.69, 9.17) is 0 Å². The van der Waals surface area contributed by atoms with Crippen molar-refractivity contribution in [3.05, 3.63) is 0 Å². The molecule has 2 aliphatic rings. The highest BCUT2D eigenvalue weighted by Crippen LogP contribution is 2.50. The van der Waals surface area contributed by atoms with Crippen molar-refractivity contribution in [3.63, 3.8) is 0 Å². The standard InChI is InChI=1S/C16H30O/c1-12-6-5-7-14(10-12)16(17)9-8-15(3,4)11-13(16)2/h12-14,17H,5-11H2,1-4H3. The van der Waals surface area contributed by atoms with Gasteiger partial charge in [0.1, 0.15) is 0 Å². The average molecular weight is 238 g/mol. The summed E-state index contributed by atoms with van der Waals surface area (Å²) in [6, 6.07) is 0. The molecule has 0 radical (unpaired) electrons. The Labute approximate surface area is 107 Å². The van der Waals surface area contributed by atoms with E-state index in [1.807, 2.05) is 0 Å². The van der Waals surface area contributed by atoms with Gasteiger partial charge in [-0.15, -0.1) is 0 Å². The van der Waals surface area contributed by atoms with Crippen molar-refractivity contribution in [2.75, 3.05) is 0 Å². The highest BCUT2D eigenvalue weighted by atomic mass is 16.3. The Kier molecular flexibility index (Phi) is 3.60. The molecular weight excluding hydrogens is 208 g/mol. The van der Waals surface area contributed by atoms with E-state index in [9.17, 15) is 5.11 Å². The first-order valence-corrected chi connectivity index (χ1v) is 7.56. The summed E-state index contributed by atoms with van der Waals surface area (Å²) in [6.07, 6.45) is 8.61. The molecule has 2 fully saturated rings. The molecule has 2 rings (SSSR count). The van der Waals surface area contributed by atoms with E-state index in [1.165, 1.54) is 38.5 Å². The lowest BCUT2D eigenvalue weighted by Crippen LogP contribution is -2.50. The van der Waals surface area contributed by atoms with Gasteiger partial charge in [0.15, 0.2) is 0 Å². The van der Waals surface area contributed by atoms with Crippen molar-refractivity contribution in [3.8, 4) is 0 Å². The summed E-state index contributed by atoms with van der Waals surface area (Å²) in [5.74, 6) is 1.86. The van der Waals surface area contributed by atoms with Crippen LogP contribution in [0, 0.1) is 23.2 Å². The third kappa shape index (κ3) is 2.70. The predicted molar refractivity (Wildman–Crippen MR) is 72.9 cm³/mol. The molecule has 1 N–H and O–H groups in total. The Morgan fingerprint density at radius 1 is 1.06 bits per heavy atom. The first-order valence-electron chi connectivity index (χ1n) is 7.56. The summed E-state index contributed by atoms with van der Waals surface area (Å²) < 4.78 is 0. The van der Waals surface area contributed by atoms with Crippen LogP contribution in [0.2, 0.25) is 0 Å². The molecule has 0 heterocycles. The molecule has 0 aromatic carbocycles. The lowest BCUT2D eigenvalue weighted by molar-refractivity contribution is -0.124. The van der Waals surface area contributed by atoms with E-state index >= 15 is 0 Å². The monoisotopic (exact) mass is 238 g/mol. The van der Waals surface area contributed by atoms with E-state index in [0.717, 1.165) is 12.3 Å². The predicted octanol–water partition coefficient (Wildman–Crippen LogP) is 4.39. The topological polar surface area (TPSA) is 20.2 Å². The Bertz CT molecular complexity index is 271. The minimum atomic E-state index is -0.357. The summed E-state index contributed by atoms with van der Waals surface area (Å²) in [5.41, 5.74) is 0.0795. The molecule has 0 aliphatic heterocycles. The zero-order valence-electron chi connectivity index (χ0n) is 12.1. The van der Waals surface area contributed by atoms with E-state index < -0.39 is 0 Å². The van der Waals surface area contributed by atoms with Crippen LogP contribution < -0.4 is 0 Å². The van der Waals surface area contributed by atoms with Gasteiger partial charge in [-0.2, -0.15) is 0 Å². The molecule has 100 valence electrons. The van der Waals surface area contributed by atoms with Gasteiger partial charge in [0.05, 0.1) is 5.60 Å². The van der Waals surface area contributed by atoms with Crippen LogP contribution in [0.3, 0.4) is 0 Å². The van der Waals surface area contributed by atoms with Crippen molar-refractivity contribution >= 4 is 0 Å². The third-order valence-electron chi connectivity index (χ3n) is 5.56. The molecule has 4 unspecified atom stereocenters. The maximum Gasteiger partial charge on any atom is 0.0701 e. The molecule has 0 spiro atoms. The number of hydrogen-bond donors (Lipinski definition) is 1. The fourth-order valence-electron chi connectivity index (χ4n) is 4.39. The van der Waals surface area contributed by atoms with Gasteiger partial charge in [0.25, 0.3) is 0 Å². The Balaban J connectivity index is 2.08. The summed E-state index contributed by atoms with van der Waals surface area (Å²) in [4.78, 5) is 0. The summed E-state index contributed by atoms with van der Waals surface area (Å²) in [5, 5.41) is 11.1. The highest BCUT2D eigenvalue weighted by molar-refractivity contribution is 4.99. The minimum Gasteiger partial charge on any atom is -0.389 e. The van der Waals surface area contributed by atoms with Crippen molar-refractivity contribution in [1.82, 2.24) is 0 Å². The molecule has 17 heavy (non-hydrogen) atoms. The van der Waals surface area contributed by atoms with Gasteiger partial charge >= 0.3 is 0 Å². The zero-order valence-corrected chi connectivity index (χ0v) is 12.1. The molecule has 1 nitrogen and oxygen atoms in total. The van der Waals surface area contributed by atoms with Crippen molar-refractivity contribution in [1.29, 1.82) is 0 Å². The fraction of sp³-hybridized carbons (Fsp3) is 1.00. The van der Waals surface area contributed by atoms with Gasteiger partial charge in [0.2, 0.25) is 0 Å². The van der Waals surface area contributed by atoms with Crippen LogP contribution in [0.5, 0.6) is 0 Å². The van der Waals surface area contributed by atoms with Crippen molar-refractivity contribution < 1.29 is 5.11 Å². The van der Waals surface area contributed by atoms with E-state index in [-0.39, 0.29) is 5.60 Å². The van der Waals surface area contributed by atoms with Crippen LogP contribution in [0.1, 0.15) is 72.6 Å². The SMILES string of the molecule is CC1CCCC(C2(O)CCC(C)(C)CC2C)C1. The lowest BCUT2D eigenvalue weighted by Gasteiger charge is -2.50. The van der Waals surface area contributed by atoms with E-state index in [0.29, 0.717) is 17.3 Å². The molecule has 2 saturated carbocycles. The van der Waals surface area contributed by atoms with Crippen LogP contribution in [0.4, 0.5) is 0 Å². The summed E-state index contributed by atoms with van der Waals surface area (Å²) in [6.45, 7) is 9.34. The second kappa shape index (κ2) is 4.57. The molecule has 0 bridgehead atoms. The molecule has 2 aliphatic carbocycles. The first-order chi connectivity index (χ1) is 7.83. The molecule has 1 heteroatoms. The Hall–Kier alpha value is -0.0400. The number of hydrogen-bond acceptors (Lipinski definition) is 1. The van der Waals surface area contributed by atoms with Crippen molar-refractivity contribution in [2.45, 2.75) is 78.2 Å². The van der Waals surface area contributed by atoms with E-state index in [1.54, 1.807) is 0 Å². The Morgan fingerprint density at radius 3 is 2.35 bits per heavy atom. The van der Waals surface area contributed by atoms with Gasteiger partial charge in [-0.1, -0.05) is 40.5 Å². The maximum atomic E-state index is 11.1. The summed E-state index contributed by atoms with van der Waals surface area (Å²) in [7, 11) is 0. The van der Waals surface area contributed by atoms with Crippen LogP contribution >= 0.6 is 0 Å². The van der Waals surface area contributed by atoms with Gasteiger partial charge in [-0.05, 0) is 55.3 Å². The maximum absolute atomic E-state index is 11.1. The summed E-state index contributed by atoms with van der Waals surface area (Å²) >= 11 is 0. The van der Waals surface area contributed by atoms with Crippen LogP contribution in [0.15, 0.2) is 0 Å². The van der Waals surface area contributed by atoms with Crippen LogP contribution in [0.25, 0.3) is 0 Å². The van der Waals surface area contributed by atoms with E-state index in [2.05, 4.69) is 27.7 Å². The van der Waals surface area contributed by atoms with Gasteiger partial charge in [-0.25, -0.2) is 0 Å². The Morgan fingerprint density at radius 2 is 1.76 bits per heavy atom. The van der Waals surface area contributed by atoms with Crippen LogP contribution in [-0.2, 0) is 0 Å². The second-order valence-electron chi connectivity index (χ2n) is 7.73. The molecule has 4 atom stereocenters. The highest BCUT2D eigenvalue weighted by Gasteiger charge is 2.47. The van der Waals surface area contributed by atoms with Gasteiger partial charge < -0.3 is 5.11 Å². The molecule has 0 aromatic heterocycles. The fourth-order valence-corrected chi connectivity index (χ4v) is 4.39. The normalized spacial score (nSPS) is 46.8. The quantitative estimate of drug-likeness (QED) is 0.718. The second-order valence-corrected chi connectivity index (χ2v) is 7.73. The minimum absolute atomic E-state index is 0.357. The largest absolute Gasteiger partial charge is 0.389 e.